The van der Waals surface area contributed by atoms with E-state index in [-0.39, 0.29) is 35.9 Å². The highest BCUT2D eigenvalue weighted by atomic mass is 16.4. The van der Waals surface area contributed by atoms with Crippen LogP contribution in [0.1, 0.15) is 75.3 Å². The van der Waals surface area contributed by atoms with Gasteiger partial charge in [-0.3, -0.25) is 19.8 Å². The first-order chi connectivity index (χ1) is 16.7. The Bertz CT molecular complexity index is 923. The maximum absolute atomic E-state index is 12.9. The zero-order chi connectivity index (χ0) is 25.0. The molecule has 4 bridgehead atoms. The van der Waals surface area contributed by atoms with Crippen molar-refractivity contribution < 1.29 is 19.5 Å². The molecule has 0 heterocycles. The number of amides is 2. The lowest BCUT2D eigenvalue weighted by Gasteiger charge is -2.56. The Morgan fingerprint density at radius 1 is 1.03 bits per heavy atom. The molecule has 35 heavy (non-hydrogen) atoms. The summed E-state index contributed by atoms with van der Waals surface area (Å²) in [5, 5.41) is 22.6. The van der Waals surface area contributed by atoms with Gasteiger partial charge in [-0.1, -0.05) is 24.3 Å². The van der Waals surface area contributed by atoms with Crippen LogP contribution >= 0.6 is 0 Å². The number of hydrogen-bond donors (Lipinski definition) is 5. The SMILES string of the molecule is N=C(N)c1ccc(CC(=O)NCCC[C@@H](CC(=O)O)NC(=O)CC23CC4CC(CC(C4)C2)C3)cc1. The molecule has 0 aromatic heterocycles. The molecule has 6 N–H and O–H groups in total. The average Bonchev–Trinajstić information content (AvgIpc) is 2.75. The average molecular weight is 483 g/mol. The van der Waals surface area contributed by atoms with Crippen molar-refractivity contribution in [1.82, 2.24) is 10.6 Å². The molecule has 4 aliphatic carbocycles. The Morgan fingerprint density at radius 2 is 1.63 bits per heavy atom. The second kappa shape index (κ2) is 10.8. The van der Waals surface area contributed by atoms with E-state index in [0.29, 0.717) is 31.4 Å². The first-order valence-corrected chi connectivity index (χ1v) is 12.9. The minimum atomic E-state index is -0.928. The van der Waals surface area contributed by atoms with Crippen LogP contribution in [0.25, 0.3) is 0 Å². The van der Waals surface area contributed by atoms with E-state index in [0.717, 1.165) is 42.6 Å². The summed E-state index contributed by atoms with van der Waals surface area (Å²) in [6.07, 6.45) is 9.18. The maximum Gasteiger partial charge on any atom is 0.305 e. The third kappa shape index (κ3) is 6.83. The van der Waals surface area contributed by atoms with Gasteiger partial charge in [0.1, 0.15) is 5.84 Å². The van der Waals surface area contributed by atoms with Gasteiger partial charge >= 0.3 is 5.97 Å². The number of nitrogen functional groups attached to an aromatic ring is 1. The van der Waals surface area contributed by atoms with Gasteiger partial charge < -0.3 is 21.5 Å². The number of carbonyl (C=O) groups is 3. The molecule has 8 heteroatoms. The molecule has 8 nitrogen and oxygen atoms in total. The minimum absolute atomic E-state index is 0.0121. The van der Waals surface area contributed by atoms with Crippen LogP contribution in [-0.2, 0) is 20.8 Å². The fourth-order valence-corrected chi connectivity index (χ4v) is 7.19. The Kier molecular flexibility index (Phi) is 7.77. The van der Waals surface area contributed by atoms with Crippen LogP contribution in [0.4, 0.5) is 0 Å². The van der Waals surface area contributed by atoms with E-state index < -0.39 is 12.0 Å². The van der Waals surface area contributed by atoms with E-state index in [1.54, 1.807) is 24.3 Å². The summed E-state index contributed by atoms with van der Waals surface area (Å²) >= 11 is 0. The second-order valence-corrected chi connectivity index (χ2v) is 11.2. The van der Waals surface area contributed by atoms with Crippen molar-refractivity contribution in [1.29, 1.82) is 5.41 Å². The summed E-state index contributed by atoms with van der Waals surface area (Å²) in [5.41, 5.74) is 7.02. The van der Waals surface area contributed by atoms with Crippen LogP contribution in [0.15, 0.2) is 24.3 Å². The van der Waals surface area contributed by atoms with Crippen LogP contribution in [0.2, 0.25) is 0 Å². The number of hydrogen-bond acceptors (Lipinski definition) is 4. The quantitative estimate of drug-likeness (QED) is 0.177. The first kappa shape index (κ1) is 25.2. The molecule has 190 valence electrons. The van der Waals surface area contributed by atoms with Gasteiger partial charge in [-0.15, -0.1) is 0 Å². The highest BCUT2D eigenvalue weighted by Crippen LogP contribution is 2.61. The predicted molar refractivity (Wildman–Crippen MR) is 133 cm³/mol. The molecule has 1 atom stereocenters. The van der Waals surface area contributed by atoms with Gasteiger partial charge in [-0.25, -0.2) is 0 Å². The fourth-order valence-electron chi connectivity index (χ4n) is 7.19. The topological polar surface area (TPSA) is 145 Å². The van der Waals surface area contributed by atoms with Crippen LogP contribution < -0.4 is 16.4 Å². The maximum atomic E-state index is 12.9. The summed E-state index contributed by atoms with van der Waals surface area (Å²) in [5.74, 6) is 1.25. The largest absolute Gasteiger partial charge is 0.481 e. The van der Waals surface area contributed by atoms with Crippen LogP contribution in [0.3, 0.4) is 0 Å². The third-order valence-corrected chi connectivity index (χ3v) is 8.17. The molecule has 0 unspecified atom stereocenters. The van der Waals surface area contributed by atoms with Crippen molar-refractivity contribution in [3.8, 4) is 0 Å². The zero-order valence-corrected chi connectivity index (χ0v) is 20.4. The number of carboxylic acid groups (broad SMARTS) is 1. The Labute approximate surface area is 206 Å². The monoisotopic (exact) mass is 482 g/mol. The van der Waals surface area contributed by atoms with Gasteiger partial charge in [0, 0.05) is 24.6 Å². The van der Waals surface area contributed by atoms with Gasteiger partial charge in [0.2, 0.25) is 11.8 Å². The van der Waals surface area contributed by atoms with Gasteiger partial charge in [0.15, 0.2) is 0 Å². The summed E-state index contributed by atoms with van der Waals surface area (Å²) < 4.78 is 0. The first-order valence-electron chi connectivity index (χ1n) is 12.9. The number of benzene rings is 1. The van der Waals surface area contributed by atoms with E-state index in [2.05, 4.69) is 10.6 Å². The Hall–Kier alpha value is -2.90. The Morgan fingerprint density at radius 3 is 2.17 bits per heavy atom. The molecular formula is C27H38N4O4. The second-order valence-electron chi connectivity index (χ2n) is 11.2. The van der Waals surface area contributed by atoms with Gasteiger partial charge in [-0.05, 0) is 80.1 Å². The lowest BCUT2D eigenvalue weighted by Crippen LogP contribution is -2.49. The summed E-state index contributed by atoms with van der Waals surface area (Å²) in [6.45, 7) is 0.422. The standard InChI is InChI=1S/C27H38N4O4/c28-26(29)21-5-3-17(4-6-21)11-23(32)30-7-1-2-22(12-25(34)35)31-24(33)16-27-13-18-8-19(14-27)10-20(9-18)15-27/h3-6,18-20,22H,1-2,7-16H2,(H3,28,29)(H,30,32)(H,31,33)(H,34,35)/t18?,19?,20?,22-,27?/m0/s1. The molecule has 4 fully saturated rings. The highest BCUT2D eigenvalue weighted by molar-refractivity contribution is 5.95. The molecular weight excluding hydrogens is 444 g/mol. The van der Waals surface area contributed by atoms with E-state index in [1.165, 1.54) is 19.3 Å². The van der Waals surface area contributed by atoms with Crippen molar-refractivity contribution in [2.45, 2.75) is 76.7 Å². The molecule has 1 aromatic carbocycles. The molecule has 2 amide bonds. The number of nitrogens with one attached hydrogen (secondary N) is 3. The molecule has 0 aliphatic heterocycles. The number of carboxylic acids is 1. The van der Waals surface area contributed by atoms with Crippen LogP contribution in [0, 0.1) is 28.6 Å². The summed E-state index contributed by atoms with van der Waals surface area (Å²) in [4.78, 5) is 36.5. The minimum Gasteiger partial charge on any atom is -0.481 e. The smallest absolute Gasteiger partial charge is 0.305 e. The molecule has 1 aromatic rings. The summed E-state index contributed by atoms with van der Waals surface area (Å²) in [7, 11) is 0. The highest BCUT2D eigenvalue weighted by Gasteiger charge is 2.51. The van der Waals surface area contributed by atoms with E-state index in [4.69, 9.17) is 11.1 Å². The lowest BCUT2D eigenvalue weighted by atomic mass is 9.49. The van der Waals surface area contributed by atoms with Crippen molar-refractivity contribution in [2.24, 2.45) is 28.9 Å². The molecule has 0 spiro atoms. The van der Waals surface area contributed by atoms with Crippen molar-refractivity contribution in [3.05, 3.63) is 35.4 Å². The fraction of sp³-hybridized carbons (Fsp3) is 0.630. The third-order valence-electron chi connectivity index (χ3n) is 8.17. The lowest BCUT2D eigenvalue weighted by molar-refractivity contribution is -0.138. The molecule has 4 saturated carbocycles. The van der Waals surface area contributed by atoms with Gasteiger partial charge in [0.05, 0.1) is 12.8 Å². The van der Waals surface area contributed by atoms with E-state index in [9.17, 15) is 19.5 Å². The van der Waals surface area contributed by atoms with Crippen molar-refractivity contribution in [3.63, 3.8) is 0 Å². The number of rotatable bonds is 12. The van der Waals surface area contributed by atoms with Gasteiger partial charge in [0.25, 0.3) is 0 Å². The molecule has 0 radical (unpaired) electrons. The van der Waals surface area contributed by atoms with Crippen molar-refractivity contribution >= 4 is 23.6 Å². The molecule has 5 rings (SSSR count). The van der Waals surface area contributed by atoms with Crippen molar-refractivity contribution in [2.75, 3.05) is 6.54 Å². The number of nitrogens with two attached hydrogens (primary N) is 1. The number of carbonyl (C=O) groups excluding carboxylic acids is 2. The summed E-state index contributed by atoms with van der Waals surface area (Å²) in [6, 6.07) is 6.56. The molecule has 4 aliphatic rings. The van der Waals surface area contributed by atoms with E-state index in [1.807, 2.05) is 0 Å². The van der Waals surface area contributed by atoms with Gasteiger partial charge in [-0.2, -0.15) is 0 Å². The van der Waals surface area contributed by atoms with E-state index >= 15 is 0 Å². The van der Waals surface area contributed by atoms with Crippen LogP contribution in [-0.4, -0.2) is 41.3 Å². The van der Waals surface area contributed by atoms with Crippen LogP contribution in [0.5, 0.6) is 0 Å². The predicted octanol–water partition coefficient (Wildman–Crippen LogP) is 2.98. The number of amidine groups is 1. The normalized spacial score (nSPS) is 27.3. The molecule has 0 saturated heterocycles. The number of aliphatic carboxylic acids is 1. The zero-order valence-electron chi connectivity index (χ0n) is 20.4. The Balaban J connectivity index is 1.20.